The molecule has 6 heteroatoms. The van der Waals surface area contributed by atoms with Crippen LogP contribution in [0.25, 0.3) is 6.08 Å². The molecule has 0 atom stereocenters. The standard InChI is InChI=1S/C21H22BrNO4/c1-23(9-8-14-4-6-19(25-2)20(10-14)26-3)21(24)16-11-15-12-17(22)5-7-18(15)27-13-16/h4-7,10-12H,8-9,13H2,1-3H3. The molecular weight excluding hydrogens is 410 g/mol. The van der Waals surface area contributed by atoms with Crippen molar-refractivity contribution in [3.8, 4) is 17.2 Å². The van der Waals surface area contributed by atoms with Crippen molar-refractivity contribution in [2.24, 2.45) is 0 Å². The summed E-state index contributed by atoms with van der Waals surface area (Å²) >= 11 is 3.45. The minimum atomic E-state index is -0.0268. The molecule has 142 valence electrons. The summed E-state index contributed by atoms with van der Waals surface area (Å²) in [4.78, 5) is 14.5. The molecule has 0 fully saturated rings. The Bertz CT molecular complexity index is 878. The molecule has 0 bridgehead atoms. The number of ether oxygens (including phenoxy) is 3. The molecule has 1 amide bonds. The van der Waals surface area contributed by atoms with E-state index < -0.39 is 0 Å². The van der Waals surface area contributed by atoms with Crippen molar-refractivity contribution in [1.82, 2.24) is 4.90 Å². The predicted octanol–water partition coefficient (Wildman–Crippen LogP) is 3.94. The van der Waals surface area contributed by atoms with Crippen LogP contribution in [0, 0.1) is 0 Å². The molecule has 1 heterocycles. The van der Waals surface area contributed by atoms with Crippen LogP contribution in [0.15, 0.2) is 46.4 Å². The topological polar surface area (TPSA) is 48.0 Å². The maximum absolute atomic E-state index is 12.8. The summed E-state index contributed by atoms with van der Waals surface area (Å²) in [6.45, 7) is 0.880. The molecule has 0 radical (unpaired) electrons. The van der Waals surface area contributed by atoms with E-state index in [0.717, 1.165) is 27.8 Å². The molecule has 0 aromatic heterocycles. The summed E-state index contributed by atoms with van der Waals surface area (Å²) in [5, 5.41) is 0. The second-order valence-electron chi connectivity index (χ2n) is 6.31. The smallest absolute Gasteiger partial charge is 0.253 e. The minimum Gasteiger partial charge on any atom is -0.493 e. The molecule has 0 aliphatic carbocycles. The van der Waals surface area contributed by atoms with E-state index in [1.807, 2.05) is 42.5 Å². The summed E-state index contributed by atoms with van der Waals surface area (Å²) in [6, 6.07) is 11.6. The lowest BCUT2D eigenvalue weighted by Gasteiger charge is -2.23. The van der Waals surface area contributed by atoms with Gasteiger partial charge in [0.15, 0.2) is 11.5 Å². The molecule has 27 heavy (non-hydrogen) atoms. The lowest BCUT2D eigenvalue weighted by molar-refractivity contribution is -0.126. The van der Waals surface area contributed by atoms with E-state index in [0.29, 0.717) is 23.6 Å². The van der Waals surface area contributed by atoms with Gasteiger partial charge in [-0.3, -0.25) is 4.79 Å². The average molecular weight is 432 g/mol. The summed E-state index contributed by atoms with van der Waals surface area (Å²) in [5.74, 6) is 2.15. The zero-order valence-electron chi connectivity index (χ0n) is 15.6. The molecule has 3 rings (SSSR count). The van der Waals surface area contributed by atoms with E-state index in [2.05, 4.69) is 15.9 Å². The summed E-state index contributed by atoms with van der Waals surface area (Å²) in [6.07, 6.45) is 2.62. The summed E-state index contributed by atoms with van der Waals surface area (Å²) < 4.78 is 17.3. The fourth-order valence-corrected chi connectivity index (χ4v) is 3.33. The number of carbonyl (C=O) groups excluding carboxylic acids is 1. The van der Waals surface area contributed by atoms with Crippen molar-refractivity contribution in [2.45, 2.75) is 6.42 Å². The first kappa shape index (κ1) is 19.3. The van der Waals surface area contributed by atoms with E-state index in [1.54, 1.807) is 26.2 Å². The predicted molar refractivity (Wildman–Crippen MR) is 109 cm³/mol. The Labute approximate surface area is 167 Å². The quantitative estimate of drug-likeness (QED) is 0.694. The second-order valence-corrected chi connectivity index (χ2v) is 7.22. The van der Waals surface area contributed by atoms with Gasteiger partial charge in [-0.25, -0.2) is 0 Å². The number of carbonyl (C=O) groups is 1. The van der Waals surface area contributed by atoms with E-state index in [4.69, 9.17) is 14.2 Å². The van der Waals surface area contributed by atoms with Crippen LogP contribution in [0.3, 0.4) is 0 Å². The number of hydrogen-bond donors (Lipinski definition) is 0. The average Bonchev–Trinajstić information content (AvgIpc) is 2.70. The van der Waals surface area contributed by atoms with E-state index >= 15 is 0 Å². The van der Waals surface area contributed by atoms with Gasteiger partial charge in [0.25, 0.3) is 5.91 Å². The minimum absolute atomic E-state index is 0.0268. The highest BCUT2D eigenvalue weighted by molar-refractivity contribution is 9.10. The van der Waals surface area contributed by atoms with Gasteiger partial charge in [0, 0.05) is 23.6 Å². The van der Waals surface area contributed by atoms with Gasteiger partial charge in [0.2, 0.25) is 0 Å². The first-order valence-electron chi connectivity index (χ1n) is 8.61. The van der Waals surface area contributed by atoms with Gasteiger partial charge >= 0.3 is 0 Å². The van der Waals surface area contributed by atoms with Crippen LogP contribution < -0.4 is 14.2 Å². The number of amides is 1. The number of methoxy groups -OCH3 is 2. The molecule has 2 aromatic carbocycles. The third kappa shape index (κ3) is 4.45. The molecule has 0 saturated heterocycles. The Morgan fingerprint density at radius 3 is 2.67 bits per heavy atom. The first-order valence-corrected chi connectivity index (χ1v) is 9.40. The Morgan fingerprint density at radius 2 is 1.93 bits per heavy atom. The van der Waals surface area contributed by atoms with E-state index in [-0.39, 0.29) is 12.5 Å². The van der Waals surface area contributed by atoms with Crippen LogP contribution in [0.1, 0.15) is 11.1 Å². The Hall–Kier alpha value is -2.47. The number of benzene rings is 2. The van der Waals surface area contributed by atoms with Crippen LogP contribution in [0.2, 0.25) is 0 Å². The van der Waals surface area contributed by atoms with Crippen molar-refractivity contribution in [3.63, 3.8) is 0 Å². The van der Waals surface area contributed by atoms with Crippen molar-refractivity contribution in [3.05, 3.63) is 57.6 Å². The third-order valence-corrected chi connectivity index (χ3v) is 4.98. The molecule has 1 aliphatic heterocycles. The highest BCUT2D eigenvalue weighted by Gasteiger charge is 2.20. The lowest BCUT2D eigenvalue weighted by atomic mass is 10.1. The summed E-state index contributed by atoms with van der Waals surface area (Å²) in [5.41, 5.74) is 2.64. The lowest BCUT2D eigenvalue weighted by Crippen LogP contribution is -2.32. The van der Waals surface area contributed by atoms with Crippen LogP contribution in [0.4, 0.5) is 0 Å². The van der Waals surface area contributed by atoms with Gasteiger partial charge in [-0.15, -0.1) is 0 Å². The summed E-state index contributed by atoms with van der Waals surface area (Å²) in [7, 11) is 5.03. The number of fused-ring (bicyclic) bond motifs is 1. The van der Waals surface area contributed by atoms with Crippen LogP contribution >= 0.6 is 15.9 Å². The molecule has 2 aromatic rings. The maximum atomic E-state index is 12.8. The number of likely N-dealkylation sites (N-methyl/N-ethyl adjacent to an activating group) is 1. The van der Waals surface area contributed by atoms with Gasteiger partial charge in [-0.1, -0.05) is 22.0 Å². The van der Waals surface area contributed by atoms with Crippen LogP contribution in [-0.4, -0.2) is 45.2 Å². The monoisotopic (exact) mass is 431 g/mol. The van der Waals surface area contributed by atoms with Gasteiger partial charge in [-0.05, 0) is 48.4 Å². The molecule has 0 unspecified atom stereocenters. The number of halogens is 1. The molecule has 1 aliphatic rings. The zero-order valence-corrected chi connectivity index (χ0v) is 17.2. The number of hydrogen-bond acceptors (Lipinski definition) is 4. The first-order chi connectivity index (χ1) is 13.0. The number of rotatable bonds is 6. The highest BCUT2D eigenvalue weighted by atomic mass is 79.9. The molecule has 0 N–H and O–H groups in total. The highest BCUT2D eigenvalue weighted by Crippen LogP contribution is 2.30. The number of nitrogens with zero attached hydrogens (tertiary/aromatic N) is 1. The maximum Gasteiger partial charge on any atom is 0.253 e. The molecule has 0 saturated carbocycles. The van der Waals surface area contributed by atoms with Gasteiger partial charge < -0.3 is 19.1 Å². The zero-order chi connectivity index (χ0) is 19.4. The van der Waals surface area contributed by atoms with Crippen molar-refractivity contribution < 1.29 is 19.0 Å². The van der Waals surface area contributed by atoms with Crippen LogP contribution in [0.5, 0.6) is 17.2 Å². The third-order valence-electron chi connectivity index (χ3n) is 4.49. The van der Waals surface area contributed by atoms with Crippen LogP contribution in [-0.2, 0) is 11.2 Å². The van der Waals surface area contributed by atoms with E-state index in [9.17, 15) is 4.79 Å². The fraction of sp³-hybridized carbons (Fsp3) is 0.286. The van der Waals surface area contributed by atoms with Crippen molar-refractivity contribution in [2.75, 3.05) is 34.4 Å². The van der Waals surface area contributed by atoms with Gasteiger partial charge in [0.05, 0.1) is 19.8 Å². The largest absolute Gasteiger partial charge is 0.493 e. The normalized spacial score (nSPS) is 12.5. The van der Waals surface area contributed by atoms with Crippen molar-refractivity contribution in [1.29, 1.82) is 0 Å². The SMILES string of the molecule is COc1ccc(CCN(C)C(=O)C2=Cc3cc(Br)ccc3OC2)cc1OC. The van der Waals surface area contributed by atoms with E-state index in [1.165, 1.54) is 0 Å². The Kier molecular flexibility index (Phi) is 6.06. The fourth-order valence-electron chi connectivity index (χ4n) is 2.95. The van der Waals surface area contributed by atoms with Crippen molar-refractivity contribution >= 4 is 27.9 Å². The van der Waals surface area contributed by atoms with Gasteiger partial charge in [-0.2, -0.15) is 0 Å². The molecule has 0 spiro atoms. The molecule has 5 nitrogen and oxygen atoms in total. The van der Waals surface area contributed by atoms with Gasteiger partial charge in [0.1, 0.15) is 12.4 Å². The molecular formula is C21H22BrNO4. The Balaban J connectivity index is 1.66. The Morgan fingerprint density at radius 1 is 1.15 bits per heavy atom. The second kappa shape index (κ2) is 8.48.